The Balaban J connectivity index is 1.72. The normalized spacial score (nSPS) is 17.1. The van der Waals surface area contributed by atoms with Gasteiger partial charge in [0, 0.05) is 17.9 Å². The molecule has 12 heteroatoms. The van der Waals surface area contributed by atoms with Gasteiger partial charge in [-0.3, -0.25) is 4.79 Å². The molecule has 1 heterocycles. The Hall–Kier alpha value is -3.12. The summed E-state index contributed by atoms with van der Waals surface area (Å²) in [5.74, 6) is -0.642. The number of anilines is 2. The van der Waals surface area contributed by atoms with Gasteiger partial charge in [0.05, 0.1) is 17.6 Å². The summed E-state index contributed by atoms with van der Waals surface area (Å²) >= 11 is 0. The fourth-order valence-corrected chi connectivity index (χ4v) is 5.00. The number of carbonyl (C=O) groups is 2. The molecule has 2 N–H and O–H groups in total. The third-order valence-electron chi connectivity index (χ3n) is 4.85. The number of carbonyl (C=O) groups excluding carboxylic acids is 2. The van der Waals surface area contributed by atoms with Gasteiger partial charge in [-0.15, -0.1) is 0 Å². The third-order valence-corrected chi connectivity index (χ3v) is 6.75. The third kappa shape index (κ3) is 5.19. The maximum atomic E-state index is 13.0. The van der Waals surface area contributed by atoms with E-state index in [-0.39, 0.29) is 22.8 Å². The van der Waals surface area contributed by atoms with Crippen molar-refractivity contribution in [3.63, 3.8) is 0 Å². The van der Waals surface area contributed by atoms with Gasteiger partial charge in [-0.25, -0.2) is 13.2 Å². The van der Waals surface area contributed by atoms with Gasteiger partial charge in [-0.05, 0) is 55.3 Å². The van der Waals surface area contributed by atoms with E-state index in [1.165, 1.54) is 31.4 Å². The molecule has 1 aliphatic rings. The molecule has 3 rings (SSSR count). The fraction of sp³-hybridized carbons (Fsp3) is 0.300. The summed E-state index contributed by atoms with van der Waals surface area (Å²) in [6.07, 6.45) is -3.64. The Labute approximate surface area is 182 Å². The van der Waals surface area contributed by atoms with Crippen LogP contribution in [0.5, 0.6) is 0 Å². The highest BCUT2D eigenvalue weighted by Gasteiger charge is 2.40. The van der Waals surface area contributed by atoms with Crippen LogP contribution in [0.25, 0.3) is 0 Å². The average Bonchev–Trinajstić information content (AvgIpc) is 3.24. The van der Waals surface area contributed by atoms with E-state index in [4.69, 9.17) is 0 Å². The van der Waals surface area contributed by atoms with E-state index >= 15 is 0 Å². The number of ether oxygens (including phenoxy) is 1. The van der Waals surface area contributed by atoms with Crippen LogP contribution < -0.4 is 10.6 Å². The highest BCUT2D eigenvalue weighted by Crippen LogP contribution is 2.30. The van der Waals surface area contributed by atoms with Gasteiger partial charge in [0.25, 0.3) is 0 Å². The van der Waals surface area contributed by atoms with Crippen LogP contribution in [0.4, 0.5) is 29.3 Å². The Kier molecular flexibility index (Phi) is 6.74. The predicted octanol–water partition coefficient (Wildman–Crippen LogP) is 3.68. The average molecular weight is 471 g/mol. The minimum atomic E-state index is -4.49. The quantitative estimate of drug-likeness (QED) is 0.648. The van der Waals surface area contributed by atoms with E-state index in [2.05, 4.69) is 15.4 Å². The lowest BCUT2D eigenvalue weighted by molar-refractivity contribution is -0.144. The molecule has 1 saturated heterocycles. The lowest BCUT2D eigenvalue weighted by Gasteiger charge is -2.22. The van der Waals surface area contributed by atoms with Gasteiger partial charge in [0.15, 0.2) is 0 Å². The van der Waals surface area contributed by atoms with Crippen molar-refractivity contribution in [3.8, 4) is 0 Å². The first-order chi connectivity index (χ1) is 15.0. The Morgan fingerprint density at radius 1 is 1.06 bits per heavy atom. The molecule has 0 aromatic heterocycles. The van der Waals surface area contributed by atoms with Gasteiger partial charge in [-0.1, -0.05) is 6.07 Å². The molecule has 0 aliphatic carbocycles. The first kappa shape index (κ1) is 23.5. The highest BCUT2D eigenvalue weighted by molar-refractivity contribution is 7.89. The van der Waals surface area contributed by atoms with E-state index < -0.39 is 39.8 Å². The molecule has 2 aromatic rings. The van der Waals surface area contributed by atoms with Crippen LogP contribution >= 0.6 is 0 Å². The zero-order valence-corrected chi connectivity index (χ0v) is 17.7. The van der Waals surface area contributed by atoms with Crippen LogP contribution in [0.15, 0.2) is 53.4 Å². The van der Waals surface area contributed by atoms with Gasteiger partial charge < -0.3 is 15.4 Å². The minimum absolute atomic E-state index is 0.122. The highest BCUT2D eigenvalue weighted by atomic mass is 32.2. The number of alkyl halides is 3. The van der Waals surface area contributed by atoms with E-state index in [0.717, 1.165) is 28.6 Å². The molecule has 1 fully saturated rings. The zero-order valence-electron chi connectivity index (χ0n) is 16.8. The van der Waals surface area contributed by atoms with E-state index in [1.807, 2.05) is 0 Å². The molecule has 0 radical (unpaired) electrons. The van der Waals surface area contributed by atoms with Crippen molar-refractivity contribution in [2.24, 2.45) is 0 Å². The molecule has 8 nitrogen and oxygen atoms in total. The number of esters is 1. The van der Waals surface area contributed by atoms with Gasteiger partial charge in [0.1, 0.15) is 6.04 Å². The van der Waals surface area contributed by atoms with Crippen molar-refractivity contribution in [2.45, 2.75) is 30.0 Å². The molecule has 0 unspecified atom stereocenters. The van der Waals surface area contributed by atoms with Crippen molar-refractivity contribution < 1.29 is 35.9 Å². The largest absolute Gasteiger partial charge is 0.468 e. The predicted molar refractivity (Wildman–Crippen MR) is 109 cm³/mol. The second-order valence-corrected chi connectivity index (χ2v) is 8.87. The summed E-state index contributed by atoms with van der Waals surface area (Å²) < 4.78 is 69.6. The van der Waals surface area contributed by atoms with Crippen molar-refractivity contribution >= 4 is 33.4 Å². The summed E-state index contributed by atoms with van der Waals surface area (Å²) in [6.45, 7) is 0.161. The number of rotatable bonds is 5. The van der Waals surface area contributed by atoms with E-state index in [9.17, 15) is 31.2 Å². The van der Waals surface area contributed by atoms with Gasteiger partial charge in [-0.2, -0.15) is 17.5 Å². The Morgan fingerprint density at radius 2 is 1.72 bits per heavy atom. The molecule has 0 bridgehead atoms. The number of hydrogen-bond donors (Lipinski definition) is 2. The number of hydrogen-bond acceptors (Lipinski definition) is 5. The van der Waals surface area contributed by atoms with Crippen molar-refractivity contribution in [1.29, 1.82) is 0 Å². The Bertz CT molecular complexity index is 1100. The standard InChI is InChI=1S/C20H20F3N3O5S/c1-31-18(27)17-6-3-11-26(17)32(29,30)16-5-2-4-15(12-16)25-19(28)24-14-9-7-13(8-10-14)20(21,22)23/h2,4-5,7-10,12,17H,3,6,11H2,1H3,(H2,24,25,28)/t17-/m0/s1. The number of urea groups is 1. The minimum Gasteiger partial charge on any atom is -0.468 e. The monoisotopic (exact) mass is 471 g/mol. The number of halogens is 3. The van der Waals surface area contributed by atoms with Crippen LogP contribution in [0.1, 0.15) is 18.4 Å². The summed E-state index contributed by atoms with van der Waals surface area (Å²) in [6, 6.07) is 7.62. The topological polar surface area (TPSA) is 105 Å². The maximum absolute atomic E-state index is 13.0. The molecule has 2 amide bonds. The molecule has 172 valence electrons. The first-order valence-electron chi connectivity index (χ1n) is 9.47. The van der Waals surface area contributed by atoms with Crippen LogP contribution in [0, 0.1) is 0 Å². The lowest BCUT2D eigenvalue weighted by atomic mass is 10.2. The van der Waals surface area contributed by atoms with Crippen LogP contribution in [0.2, 0.25) is 0 Å². The number of methoxy groups -OCH3 is 1. The second-order valence-electron chi connectivity index (χ2n) is 6.98. The van der Waals surface area contributed by atoms with Crippen molar-refractivity contribution in [2.75, 3.05) is 24.3 Å². The zero-order chi connectivity index (χ0) is 23.5. The lowest BCUT2D eigenvalue weighted by Crippen LogP contribution is -2.41. The second kappa shape index (κ2) is 9.17. The van der Waals surface area contributed by atoms with Crippen LogP contribution in [-0.2, 0) is 25.7 Å². The first-order valence-corrected chi connectivity index (χ1v) is 10.9. The molecule has 1 aliphatic heterocycles. The van der Waals surface area contributed by atoms with Crippen molar-refractivity contribution in [3.05, 3.63) is 54.1 Å². The number of sulfonamides is 1. The van der Waals surface area contributed by atoms with Gasteiger partial charge >= 0.3 is 18.2 Å². The SMILES string of the molecule is COC(=O)[C@@H]1CCCN1S(=O)(=O)c1cccc(NC(=O)Nc2ccc(C(F)(F)F)cc2)c1. The molecular formula is C20H20F3N3O5S. The maximum Gasteiger partial charge on any atom is 0.416 e. The molecular weight excluding hydrogens is 451 g/mol. The summed E-state index contributed by atoms with van der Waals surface area (Å²) in [4.78, 5) is 24.0. The fourth-order valence-electron chi connectivity index (χ4n) is 3.31. The summed E-state index contributed by atoms with van der Waals surface area (Å²) in [7, 11) is -2.84. The number of nitrogens with zero attached hydrogens (tertiary/aromatic N) is 1. The van der Waals surface area contributed by atoms with Crippen LogP contribution in [-0.4, -0.2) is 44.4 Å². The molecule has 0 saturated carbocycles. The summed E-state index contributed by atoms with van der Waals surface area (Å²) in [5.41, 5.74) is -0.588. The van der Waals surface area contributed by atoms with Crippen LogP contribution in [0.3, 0.4) is 0 Å². The number of benzene rings is 2. The van der Waals surface area contributed by atoms with Gasteiger partial charge in [0.2, 0.25) is 10.0 Å². The Morgan fingerprint density at radius 3 is 2.34 bits per heavy atom. The van der Waals surface area contributed by atoms with Crippen molar-refractivity contribution in [1.82, 2.24) is 4.31 Å². The van der Waals surface area contributed by atoms with E-state index in [1.54, 1.807) is 0 Å². The molecule has 0 spiro atoms. The molecule has 32 heavy (non-hydrogen) atoms. The number of amides is 2. The van der Waals surface area contributed by atoms with E-state index in [0.29, 0.717) is 12.8 Å². The molecule has 2 aromatic carbocycles. The summed E-state index contributed by atoms with van der Waals surface area (Å²) in [5, 5.41) is 4.81. The number of nitrogens with one attached hydrogen (secondary N) is 2. The smallest absolute Gasteiger partial charge is 0.416 e. The molecule has 1 atom stereocenters.